The van der Waals surface area contributed by atoms with Crippen LogP contribution in [0, 0.1) is 6.92 Å². The standard InChI is InChI=1S/C15H21N3S/c1-12-15(19-11-17-12)10-18(3)9-14-6-4-5-13(7-14)8-16-2/h4-7,11,16H,8-10H2,1-3H3. The van der Waals surface area contributed by atoms with Gasteiger partial charge in [-0.15, -0.1) is 11.3 Å². The van der Waals surface area contributed by atoms with E-state index in [1.807, 2.05) is 12.6 Å². The summed E-state index contributed by atoms with van der Waals surface area (Å²) in [5.41, 5.74) is 5.77. The van der Waals surface area contributed by atoms with Gasteiger partial charge >= 0.3 is 0 Å². The third kappa shape index (κ3) is 4.13. The largest absolute Gasteiger partial charge is 0.316 e. The van der Waals surface area contributed by atoms with Gasteiger partial charge < -0.3 is 5.32 Å². The molecule has 0 spiro atoms. The fourth-order valence-corrected chi connectivity index (χ4v) is 2.99. The van der Waals surface area contributed by atoms with Gasteiger partial charge in [0, 0.05) is 24.5 Å². The fraction of sp³-hybridized carbons (Fsp3) is 0.400. The van der Waals surface area contributed by atoms with Gasteiger partial charge in [-0.2, -0.15) is 0 Å². The van der Waals surface area contributed by atoms with Gasteiger partial charge in [0.1, 0.15) is 0 Å². The maximum atomic E-state index is 4.30. The number of aryl methyl sites for hydroxylation is 1. The molecular formula is C15H21N3S. The first-order chi connectivity index (χ1) is 9.19. The summed E-state index contributed by atoms with van der Waals surface area (Å²) in [6, 6.07) is 8.75. The Kier molecular flexibility index (Phi) is 5.07. The topological polar surface area (TPSA) is 28.2 Å². The third-order valence-electron chi connectivity index (χ3n) is 3.08. The average Bonchev–Trinajstić information content (AvgIpc) is 2.76. The molecule has 4 heteroatoms. The van der Waals surface area contributed by atoms with Crippen LogP contribution in [0.2, 0.25) is 0 Å². The summed E-state index contributed by atoms with van der Waals surface area (Å²) in [7, 11) is 4.13. The summed E-state index contributed by atoms with van der Waals surface area (Å²) >= 11 is 1.74. The third-order valence-corrected chi connectivity index (χ3v) is 4.00. The predicted octanol–water partition coefficient (Wildman–Crippen LogP) is 2.80. The van der Waals surface area contributed by atoms with E-state index in [0.717, 1.165) is 25.3 Å². The van der Waals surface area contributed by atoms with E-state index >= 15 is 0 Å². The highest BCUT2D eigenvalue weighted by Gasteiger charge is 2.06. The number of nitrogens with one attached hydrogen (secondary N) is 1. The lowest BCUT2D eigenvalue weighted by Crippen LogP contribution is -2.17. The van der Waals surface area contributed by atoms with Gasteiger partial charge in [-0.1, -0.05) is 24.3 Å². The van der Waals surface area contributed by atoms with Crippen LogP contribution in [-0.2, 0) is 19.6 Å². The Labute approximate surface area is 119 Å². The van der Waals surface area contributed by atoms with Gasteiger partial charge in [0.15, 0.2) is 0 Å². The number of nitrogens with zero attached hydrogens (tertiary/aromatic N) is 2. The molecule has 19 heavy (non-hydrogen) atoms. The second kappa shape index (κ2) is 6.80. The molecule has 0 aliphatic heterocycles. The van der Waals surface area contributed by atoms with Crippen molar-refractivity contribution < 1.29 is 0 Å². The van der Waals surface area contributed by atoms with Crippen LogP contribution in [0.4, 0.5) is 0 Å². The van der Waals surface area contributed by atoms with E-state index < -0.39 is 0 Å². The van der Waals surface area contributed by atoms with Gasteiger partial charge in [0.2, 0.25) is 0 Å². The van der Waals surface area contributed by atoms with Crippen molar-refractivity contribution in [2.45, 2.75) is 26.6 Å². The Morgan fingerprint density at radius 2 is 2.05 bits per heavy atom. The van der Waals surface area contributed by atoms with E-state index in [2.05, 4.69) is 53.4 Å². The van der Waals surface area contributed by atoms with Crippen LogP contribution < -0.4 is 5.32 Å². The summed E-state index contributed by atoms with van der Waals surface area (Å²) in [6.07, 6.45) is 0. The Hall–Kier alpha value is -1.23. The average molecular weight is 275 g/mol. The molecule has 0 saturated carbocycles. The number of thiazole rings is 1. The molecule has 3 nitrogen and oxygen atoms in total. The first-order valence-electron chi connectivity index (χ1n) is 6.49. The van der Waals surface area contributed by atoms with Crippen LogP contribution >= 0.6 is 11.3 Å². The normalized spacial score (nSPS) is 11.2. The van der Waals surface area contributed by atoms with E-state index in [-0.39, 0.29) is 0 Å². The number of hydrogen-bond donors (Lipinski definition) is 1. The molecule has 2 aromatic rings. The van der Waals surface area contributed by atoms with Crippen molar-refractivity contribution in [3.8, 4) is 0 Å². The molecule has 0 aliphatic carbocycles. The maximum absolute atomic E-state index is 4.30. The summed E-state index contributed by atoms with van der Waals surface area (Å²) in [5, 5.41) is 3.19. The van der Waals surface area contributed by atoms with Gasteiger partial charge in [-0.25, -0.2) is 4.98 Å². The summed E-state index contributed by atoms with van der Waals surface area (Å²) in [4.78, 5) is 7.99. The first-order valence-corrected chi connectivity index (χ1v) is 7.37. The molecule has 1 aromatic heterocycles. The molecule has 0 unspecified atom stereocenters. The lowest BCUT2D eigenvalue weighted by atomic mass is 10.1. The minimum Gasteiger partial charge on any atom is -0.316 e. The van der Waals surface area contributed by atoms with Crippen LogP contribution in [0.1, 0.15) is 21.7 Å². The van der Waals surface area contributed by atoms with Crippen molar-refractivity contribution in [3.63, 3.8) is 0 Å². The van der Waals surface area contributed by atoms with E-state index in [9.17, 15) is 0 Å². The molecule has 0 aliphatic rings. The highest BCUT2D eigenvalue weighted by Crippen LogP contribution is 2.16. The summed E-state index contributed by atoms with van der Waals surface area (Å²) in [6.45, 7) is 4.93. The molecule has 0 bridgehead atoms. The number of aromatic nitrogens is 1. The monoisotopic (exact) mass is 275 g/mol. The zero-order valence-electron chi connectivity index (χ0n) is 11.8. The quantitative estimate of drug-likeness (QED) is 0.878. The molecule has 0 radical (unpaired) electrons. The van der Waals surface area contributed by atoms with E-state index in [1.54, 1.807) is 11.3 Å². The van der Waals surface area contributed by atoms with Crippen LogP contribution in [0.15, 0.2) is 29.8 Å². The molecule has 102 valence electrons. The first kappa shape index (κ1) is 14.2. The second-order valence-corrected chi connectivity index (χ2v) is 5.82. The number of benzene rings is 1. The van der Waals surface area contributed by atoms with Crippen molar-refractivity contribution in [2.24, 2.45) is 0 Å². The minimum absolute atomic E-state index is 0.922. The van der Waals surface area contributed by atoms with Crippen LogP contribution in [0.5, 0.6) is 0 Å². The molecule has 0 atom stereocenters. The smallest absolute Gasteiger partial charge is 0.0798 e. The van der Waals surface area contributed by atoms with Crippen LogP contribution in [0.3, 0.4) is 0 Å². The molecule has 1 aromatic carbocycles. The van der Waals surface area contributed by atoms with Crippen molar-refractivity contribution in [1.29, 1.82) is 0 Å². The zero-order valence-corrected chi connectivity index (χ0v) is 12.6. The Bertz CT molecular complexity index is 522. The van der Waals surface area contributed by atoms with Crippen molar-refractivity contribution >= 4 is 11.3 Å². The highest BCUT2D eigenvalue weighted by atomic mass is 32.1. The van der Waals surface area contributed by atoms with Crippen LogP contribution in [-0.4, -0.2) is 24.0 Å². The molecular weight excluding hydrogens is 254 g/mol. The Morgan fingerprint density at radius 1 is 1.26 bits per heavy atom. The molecule has 1 N–H and O–H groups in total. The van der Waals surface area contributed by atoms with Crippen molar-refractivity contribution in [1.82, 2.24) is 15.2 Å². The predicted molar refractivity (Wildman–Crippen MR) is 81.2 cm³/mol. The van der Waals surface area contributed by atoms with E-state index in [1.165, 1.54) is 16.0 Å². The molecule has 2 rings (SSSR count). The minimum atomic E-state index is 0.922. The van der Waals surface area contributed by atoms with Crippen molar-refractivity contribution in [3.05, 3.63) is 51.5 Å². The summed E-state index contributed by atoms with van der Waals surface area (Å²) in [5.74, 6) is 0. The Balaban J connectivity index is 1.96. The zero-order chi connectivity index (χ0) is 13.7. The lowest BCUT2D eigenvalue weighted by molar-refractivity contribution is 0.321. The van der Waals surface area contributed by atoms with Gasteiger partial charge in [-0.3, -0.25) is 4.90 Å². The van der Waals surface area contributed by atoms with E-state index in [4.69, 9.17) is 0 Å². The number of hydrogen-bond acceptors (Lipinski definition) is 4. The maximum Gasteiger partial charge on any atom is 0.0798 e. The number of rotatable bonds is 6. The fourth-order valence-electron chi connectivity index (χ4n) is 2.13. The Morgan fingerprint density at radius 3 is 2.74 bits per heavy atom. The molecule has 1 heterocycles. The van der Waals surface area contributed by atoms with E-state index in [0.29, 0.717) is 0 Å². The summed E-state index contributed by atoms with van der Waals surface area (Å²) < 4.78 is 0. The molecule has 0 amide bonds. The second-order valence-electron chi connectivity index (χ2n) is 4.88. The molecule has 0 saturated heterocycles. The van der Waals surface area contributed by atoms with Crippen molar-refractivity contribution in [2.75, 3.05) is 14.1 Å². The molecule has 0 fully saturated rings. The van der Waals surface area contributed by atoms with Gasteiger partial charge in [0.05, 0.1) is 11.2 Å². The van der Waals surface area contributed by atoms with Crippen LogP contribution in [0.25, 0.3) is 0 Å². The highest BCUT2D eigenvalue weighted by molar-refractivity contribution is 7.09. The van der Waals surface area contributed by atoms with Gasteiger partial charge in [0.25, 0.3) is 0 Å². The van der Waals surface area contributed by atoms with Gasteiger partial charge in [-0.05, 0) is 32.1 Å². The lowest BCUT2D eigenvalue weighted by Gasteiger charge is -2.16. The SMILES string of the molecule is CNCc1cccc(CN(C)Cc2scnc2C)c1.